The molecule has 0 aliphatic rings. The summed E-state index contributed by atoms with van der Waals surface area (Å²) in [5, 5.41) is 1.14. The van der Waals surface area contributed by atoms with E-state index in [4.69, 9.17) is 0 Å². The molecule has 1 aromatic heterocycles. The fourth-order valence-corrected chi connectivity index (χ4v) is 3.66. The van der Waals surface area contributed by atoms with Crippen LogP contribution in [0, 0.1) is 12.7 Å². The summed E-state index contributed by atoms with van der Waals surface area (Å²) >= 11 is 0. The Morgan fingerprint density at radius 2 is 1.67 bits per heavy atom. The third-order valence-electron chi connectivity index (χ3n) is 5.41. The predicted molar refractivity (Wildman–Crippen MR) is 112 cm³/mol. The first-order valence-electron chi connectivity index (χ1n) is 9.92. The second kappa shape index (κ2) is 8.62. The molecule has 3 aromatic rings. The van der Waals surface area contributed by atoms with Gasteiger partial charge in [0.1, 0.15) is 5.82 Å². The van der Waals surface area contributed by atoms with Crippen molar-refractivity contribution in [2.75, 3.05) is 13.1 Å². The van der Waals surface area contributed by atoms with Gasteiger partial charge in [-0.1, -0.05) is 32.9 Å². The Balaban J connectivity index is 2.02. The van der Waals surface area contributed by atoms with Crippen LogP contribution in [0.3, 0.4) is 0 Å². The zero-order valence-corrected chi connectivity index (χ0v) is 16.8. The molecule has 0 spiro atoms. The summed E-state index contributed by atoms with van der Waals surface area (Å²) in [5.74, 6) is -0.131. The van der Waals surface area contributed by atoms with Crippen LogP contribution < -0.4 is 0 Å². The van der Waals surface area contributed by atoms with E-state index in [1.165, 1.54) is 11.1 Å². The fraction of sp³-hybridized carbons (Fsp3) is 0.375. The van der Waals surface area contributed by atoms with Crippen LogP contribution >= 0.6 is 0 Å². The number of hydrogen-bond donors (Lipinski definition) is 0. The highest BCUT2D eigenvalue weighted by Crippen LogP contribution is 2.26. The zero-order chi connectivity index (χ0) is 19.4. The van der Waals surface area contributed by atoms with Crippen LogP contribution in [0.25, 0.3) is 10.9 Å². The normalized spacial score (nSPS) is 11.5. The van der Waals surface area contributed by atoms with E-state index in [1.54, 1.807) is 6.07 Å². The Morgan fingerprint density at radius 1 is 0.889 bits per heavy atom. The van der Waals surface area contributed by atoms with Crippen LogP contribution in [-0.4, -0.2) is 23.0 Å². The molecule has 0 bridgehead atoms. The molecule has 3 rings (SSSR count). The molecule has 0 amide bonds. The van der Waals surface area contributed by atoms with Gasteiger partial charge in [0.15, 0.2) is 0 Å². The standard InChI is InChI=1S/C24H29FN2/c1-5-18-14-22-19(13-20-9-8-17(4)12-23(20)25)10-11-26-24(22)15-21(18)16-27(6-2)7-3/h8-12,14-15H,5-7,13,16H2,1-4H3. The molecule has 0 aliphatic carbocycles. The van der Waals surface area contributed by atoms with Gasteiger partial charge in [-0.3, -0.25) is 9.88 Å². The second-order valence-corrected chi connectivity index (χ2v) is 7.19. The third-order valence-corrected chi connectivity index (χ3v) is 5.41. The summed E-state index contributed by atoms with van der Waals surface area (Å²) in [4.78, 5) is 7.03. The topological polar surface area (TPSA) is 16.1 Å². The molecule has 1 heterocycles. The highest BCUT2D eigenvalue weighted by Gasteiger charge is 2.12. The number of pyridine rings is 1. The minimum Gasteiger partial charge on any atom is -0.300 e. The molecule has 0 saturated heterocycles. The average Bonchev–Trinajstić information content (AvgIpc) is 2.67. The zero-order valence-electron chi connectivity index (χ0n) is 16.8. The van der Waals surface area contributed by atoms with Crippen LogP contribution in [0.1, 0.15) is 48.6 Å². The van der Waals surface area contributed by atoms with Crippen molar-refractivity contribution in [2.45, 2.75) is 47.1 Å². The van der Waals surface area contributed by atoms with E-state index >= 15 is 0 Å². The lowest BCUT2D eigenvalue weighted by molar-refractivity contribution is 0.295. The van der Waals surface area contributed by atoms with Gasteiger partial charge in [0.25, 0.3) is 0 Å². The lowest BCUT2D eigenvalue weighted by atomic mass is 9.95. The van der Waals surface area contributed by atoms with Crippen molar-refractivity contribution in [1.82, 2.24) is 9.88 Å². The number of fused-ring (bicyclic) bond motifs is 1. The van der Waals surface area contributed by atoms with Crippen LogP contribution in [0.2, 0.25) is 0 Å². The van der Waals surface area contributed by atoms with Gasteiger partial charge in [0.05, 0.1) is 5.52 Å². The molecule has 0 fully saturated rings. The monoisotopic (exact) mass is 364 g/mol. The largest absolute Gasteiger partial charge is 0.300 e. The highest BCUT2D eigenvalue weighted by molar-refractivity contribution is 5.84. The predicted octanol–water partition coefficient (Wildman–Crippen LogP) is 5.68. The molecule has 2 nitrogen and oxygen atoms in total. The molecule has 27 heavy (non-hydrogen) atoms. The molecule has 142 valence electrons. The van der Waals surface area contributed by atoms with Gasteiger partial charge < -0.3 is 0 Å². The summed E-state index contributed by atoms with van der Waals surface area (Å²) in [6, 6.07) is 12.0. The Kier molecular flexibility index (Phi) is 6.22. The van der Waals surface area contributed by atoms with Crippen molar-refractivity contribution in [3.05, 3.63) is 76.2 Å². The molecule has 0 unspecified atom stereocenters. The van der Waals surface area contributed by atoms with E-state index in [1.807, 2.05) is 31.3 Å². The van der Waals surface area contributed by atoms with Crippen molar-refractivity contribution in [3.63, 3.8) is 0 Å². The van der Waals surface area contributed by atoms with Gasteiger partial charge in [0, 0.05) is 24.5 Å². The third kappa shape index (κ3) is 4.36. The SMILES string of the molecule is CCc1cc2c(Cc3ccc(C)cc3F)ccnc2cc1CN(CC)CC. The first-order chi connectivity index (χ1) is 13.0. The van der Waals surface area contributed by atoms with Gasteiger partial charge in [-0.25, -0.2) is 4.39 Å². The summed E-state index contributed by atoms with van der Waals surface area (Å²) in [7, 11) is 0. The quantitative estimate of drug-likeness (QED) is 0.536. The van der Waals surface area contributed by atoms with Crippen molar-refractivity contribution in [1.29, 1.82) is 0 Å². The van der Waals surface area contributed by atoms with E-state index in [-0.39, 0.29) is 5.82 Å². The Morgan fingerprint density at radius 3 is 2.33 bits per heavy atom. The van der Waals surface area contributed by atoms with Gasteiger partial charge in [-0.05, 0) is 78.5 Å². The minimum atomic E-state index is -0.131. The summed E-state index contributed by atoms with van der Waals surface area (Å²) in [6.45, 7) is 11.5. The Labute approximate surface area is 162 Å². The van der Waals surface area contributed by atoms with Crippen molar-refractivity contribution in [2.24, 2.45) is 0 Å². The first kappa shape index (κ1) is 19.5. The van der Waals surface area contributed by atoms with E-state index in [0.29, 0.717) is 6.42 Å². The molecule has 0 saturated carbocycles. The molecule has 0 aliphatic heterocycles. The molecule has 0 radical (unpaired) electrons. The Bertz CT molecular complexity index is 929. The number of nitrogens with zero attached hydrogens (tertiary/aromatic N) is 2. The maximum absolute atomic E-state index is 14.3. The first-order valence-corrected chi connectivity index (χ1v) is 9.92. The number of hydrogen-bond acceptors (Lipinski definition) is 2. The Hall–Kier alpha value is -2.26. The van der Waals surface area contributed by atoms with E-state index < -0.39 is 0 Å². The van der Waals surface area contributed by atoms with E-state index in [2.05, 4.69) is 42.8 Å². The molecular weight excluding hydrogens is 335 g/mol. The van der Waals surface area contributed by atoms with Crippen molar-refractivity contribution < 1.29 is 4.39 Å². The fourth-order valence-electron chi connectivity index (χ4n) is 3.66. The summed E-state index contributed by atoms with van der Waals surface area (Å²) < 4.78 is 14.3. The van der Waals surface area contributed by atoms with Crippen LogP contribution in [-0.2, 0) is 19.4 Å². The number of halogens is 1. The smallest absolute Gasteiger partial charge is 0.126 e. The maximum Gasteiger partial charge on any atom is 0.126 e. The number of aryl methyl sites for hydroxylation is 2. The highest BCUT2D eigenvalue weighted by atomic mass is 19.1. The van der Waals surface area contributed by atoms with Gasteiger partial charge >= 0.3 is 0 Å². The van der Waals surface area contributed by atoms with Gasteiger partial charge in [-0.2, -0.15) is 0 Å². The van der Waals surface area contributed by atoms with Crippen molar-refractivity contribution >= 4 is 10.9 Å². The average molecular weight is 365 g/mol. The molecule has 2 aromatic carbocycles. The van der Waals surface area contributed by atoms with Crippen LogP contribution in [0.4, 0.5) is 4.39 Å². The van der Waals surface area contributed by atoms with Crippen molar-refractivity contribution in [3.8, 4) is 0 Å². The van der Waals surface area contributed by atoms with Crippen LogP contribution in [0.15, 0.2) is 42.6 Å². The van der Waals surface area contributed by atoms with Gasteiger partial charge in [0.2, 0.25) is 0 Å². The molecule has 0 atom stereocenters. The minimum absolute atomic E-state index is 0.131. The number of rotatable bonds is 7. The summed E-state index contributed by atoms with van der Waals surface area (Å²) in [6.07, 6.45) is 3.42. The van der Waals surface area contributed by atoms with Gasteiger partial charge in [-0.15, -0.1) is 0 Å². The summed E-state index contributed by atoms with van der Waals surface area (Å²) in [5.41, 5.74) is 6.52. The van der Waals surface area contributed by atoms with E-state index in [9.17, 15) is 4.39 Å². The van der Waals surface area contributed by atoms with E-state index in [0.717, 1.165) is 53.6 Å². The lowest BCUT2D eigenvalue weighted by Crippen LogP contribution is -2.22. The number of aromatic nitrogens is 1. The molecular formula is C24H29FN2. The second-order valence-electron chi connectivity index (χ2n) is 7.19. The lowest BCUT2D eigenvalue weighted by Gasteiger charge is -2.21. The molecule has 3 heteroatoms. The van der Waals surface area contributed by atoms with Crippen LogP contribution in [0.5, 0.6) is 0 Å². The maximum atomic E-state index is 14.3. The number of benzene rings is 2. The molecule has 0 N–H and O–H groups in total.